The van der Waals surface area contributed by atoms with Gasteiger partial charge in [0.1, 0.15) is 0 Å². The zero-order chi connectivity index (χ0) is 10.8. The van der Waals surface area contributed by atoms with Crippen LogP contribution in [-0.4, -0.2) is 16.9 Å². The van der Waals surface area contributed by atoms with Crippen LogP contribution in [0.1, 0.15) is 5.69 Å². The molecular formula is C8H5ClF3NO. The number of Topliss-reactive ketones (excluding diaryl/α,β-unsaturated/α-hetero) is 1. The van der Waals surface area contributed by atoms with Crippen LogP contribution in [0, 0.1) is 0 Å². The first-order chi connectivity index (χ1) is 6.39. The summed E-state index contributed by atoms with van der Waals surface area (Å²) < 4.78 is 35.4. The number of halogens is 4. The Hall–Kier alpha value is -1.10. The van der Waals surface area contributed by atoms with Crippen molar-refractivity contribution in [3.63, 3.8) is 0 Å². The molecule has 0 aliphatic rings. The highest BCUT2D eigenvalue weighted by Crippen LogP contribution is 2.18. The molecule has 1 aromatic rings. The van der Waals surface area contributed by atoms with Gasteiger partial charge in [-0.2, -0.15) is 13.2 Å². The van der Waals surface area contributed by atoms with Crippen molar-refractivity contribution in [3.8, 4) is 0 Å². The molecule has 0 amide bonds. The van der Waals surface area contributed by atoms with E-state index < -0.39 is 18.4 Å². The van der Waals surface area contributed by atoms with E-state index in [-0.39, 0.29) is 5.69 Å². The molecule has 2 nitrogen and oxygen atoms in total. The van der Waals surface area contributed by atoms with Crippen LogP contribution < -0.4 is 0 Å². The third kappa shape index (κ3) is 2.99. The minimum Gasteiger partial charge on any atom is -0.289 e. The average Bonchev–Trinajstić information content (AvgIpc) is 2.07. The monoisotopic (exact) mass is 223 g/mol. The predicted octanol–water partition coefficient (Wildman–Crippen LogP) is 2.41. The molecule has 1 heterocycles. The van der Waals surface area contributed by atoms with Crippen molar-refractivity contribution in [2.75, 3.05) is 0 Å². The summed E-state index contributed by atoms with van der Waals surface area (Å²) in [5.41, 5.74) is 0.0525. The largest absolute Gasteiger partial charge is 0.450 e. The van der Waals surface area contributed by atoms with Crippen molar-refractivity contribution >= 4 is 17.4 Å². The van der Waals surface area contributed by atoms with E-state index in [9.17, 15) is 18.0 Å². The summed E-state index contributed by atoms with van der Waals surface area (Å²) in [7, 11) is 0. The fourth-order valence-electron chi connectivity index (χ4n) is 0.776. The molecule has 0 atom stereocenters. The van der Waals surface area contributed by atoms with Crippen molar-refractivity contribution in [2.24, 2.45) is 0 Å². The predicted molar refractivity (Wildman–Crippen MR) is 44.0 cm³/mol. The average molecular weight is 224 g/mol. The van der Waals surface area contributed by atoms with E-state index in [0.717, 1.165) is 0 Å². The van der Waals surface area contributed by atoms with Crippen LogP contribution in [0.5, 0.6) is 0 Å². The highest BCUT2D eigenvalue weighted by molar-refractivity contribution is 6.30. The summed E-state index contributed by atoms with van der Waals surface area (Å²) in [5, 5.41) is 0.313. The number of carbonyl (C=O) groups excluding carboxylic acids is 1. The van der Waals surface area contributed by atoms with Crippen molar-refractivity contribution < 1.29 is 18.0 Å². The second kappa shape index (κ2) is 3.96. The summed E-state index contributed by atoms with van der Waals surface area (Å²) in [6, 6.07) is 2.67. The molecule has 1 rings (SSSR count). The maximum absolute atomic E-state index is 11.8. The first-order valence-corrected chi connectivity index (χ1v) is 3.98. The Labute approximate surface area is 82.7 Å². The van der Waals surface area contributed by atoms with Crippen LogP contribution in [-0.2, 0) is 11.2 Å². The maximum Gasteiger partial charge on any atom is 0.450 e. The van der Waals surface area contributed by atoms with Gasteiger partial charge in [0.15, 0.2) is 0 Å². The molecule has 14 heavy (non-hydrogen) atoms. The van der Waals surface area contributed by atoms with E-state index in [1.54, 1.807) is 0 Å². The number of nitrogens with zero attached hydrogens (tertiary/aromatic N) is 1. The Bertz CT molecular complexity index is 333. The Balaban J connectivity index is 2.71. The molecule has 0 saturated carbocycles. The minimum absolute atomic E-state index is 0.0525. The molecule has 0 radical (unpaired) electrons. The first kappa shape index (κ1) is 11.0. The van der Waals surface area contributed by atoms with Gasteiger partial charge < -0.3 is 0 Å². The lowest BCUT2D eigenvalue weighted by Crippen LogP contribution is -2.24. The second-order valence-electron chi connectivity index (χ2n) is 2.57. The number of ketones is 1. The van der Waals surface area contributed by atoms with Gasteiger partial charge in [0.25, 0.3) is 0 Å². The number of hydrogen-bond acceptors (Lipinski definition) is 2. The molecule has 0 aliphatic heterocycles. The van der Waals surface area contributed by atoms with E-state index in [4.69, 9.17) is 11.6 Å². The van der Waals surface area contributed by atoms with Crippen LogP contribution in [0.3, 0.4) is 0 Å². The number of alkyl halides is 3. The summed E-state index contributed by atoms with van der Waals surface area (Å²) in [6.45, 7) is 0. The zero-order valence-corrected chi connectivity index (χ0v) is 7.56. The molecule has 0 fully saturated rings. The van der Waals surface area contributed by atoms with Gasteiger partial charge in [-0.25, -0.2) is 0 Å². The highest BCUT2D eigenvalue weighted by Gasteiger charge is 2.37. The van der Waals surface area contributed by atoms with Crippen LogP contribution in [0.15, 0.2) is 18.3 Å². The van der Waals surface area contributed by atoms with Gasteiger partial charge in [-0.05, 0) is 12.1 Å². The van der Waals surface area contributed by atoms with Gasteiger partial charge in [0.2, 0.25) is 5.78 Å². The standard InChI is InChI=1S/C8H5ClF3NO/c9-5-1-2-6(13-4-5)3-7(14)8(10,11)12/h1-2,4H,3H2. The molecule has 0 aliphatic carbocycles. The SMILES string of the molecule is O=C(Cc1ccc(Cl)cn1)C(F)(F)F. The van der Waals surface area contributed by atoms with Gasteiger partial charge in [-0.15, -0.1) is 0 Å². The van der Waals surface area contributed by atoms with Crippen molar-refractivity contribution in [3.05, 3.63) is 29.0 Å². The topological polar surface area (TPSA) is 30.0 Å². The van der Waals surface area contributed by atoms with Crippen LogP contribution in [0.25, 0.3) is 0 Å². The lowest BCUT2D eigenvalue weighted by atomic mass is 10.2. The van der Waals surface area contributed by atoms with Crippen molar-refractivity contribution in [1.82, 2.24) is 4.98 Å². The van der Waals surface area contributed by atoms with Crippen molar-refractivity contribution in [1.29, 1.82) is 0 Å². The van der Waals surface area contributed by atoms with Gasteiger partial charge in [-0.1, -0.05) is 11.6 Å². The van der Waals surface area contributed by atoms with Crippen LogP contribution in [0.4, 0.5) is 13.2 Å². The normalized spacial score (nSPS) is 11.4. The third-order valence-corrected chi connectivity index (χ3v) is 1.67. The van der Waals surface area contributed by atoms with Crippen LogP contribution in [0.2, 0.25) is 5.02 Å². The molecule has 0 spiro atoms. The highest BCUT2D eigenvalue weighted by atomic mass is 35.5. The molecule has 0 N–H and O–H groups in total. The quantitative estimate of drug-likeness (QED) is 0.771. The lowest BCUT2D eigenvalue weighted by Gasteiger charge is -2.03. The van der Waals surface area contributed by atoms with Gasteiger partial charge >= 0.3 is 6.18 Å². The molecule has 1 aromatic heterocycles. The number of rotatable bonds is 2. The number of hydrogen-bond donors (Lipinski definition) is 0. The Morgan fingerprint density at radius 1 is 1.43 bits per heavy atom. The Kier molecular flexibility index (Phi) is 3.10. The van der Waals surface area contributed by atoms with Crippen molar-refractivity contribution in [2.45, 2.75) is 12.6 Å². The number of aromatic nitrogens is 1. The maximum atomic E-state index is 11.8. The summed E-state index contributed by atoms with van der Waals surface area (Å²) in [5.74, 6) is -1.81. The third-order valence-electron chi connectivity index (χ3n) is 1.45. The summed E-state index contributed by atoms with van der Waals surface area (Å²) in [4.78, 5) is 14.1. The fourth-order valence-corrected chi connectivity index (χ4v) is 0.888. The molecular weight excluding hydrogens is 219 g/mol. The molecule has 6 heteroatoms. The zero-order valence-electron chi connectivity index (χ0n) is 6.81. The van der Waals surface area contributed by atoms with Gasteiger partial charge in [-0.3, -0.25) is 9.78 Å². The Morgan fingerprint density at radius 3 is 2.50 bits per heavy atom. The molecule has 0 aromatic carbocycles. The molecule has 0 bridgehead atoms. The minimum atomic E-state index is -4.80. The summed E-state index contributed by atoms with van der Waals surface area (Å²) >= 11 is 5.47. The van der Waals surface area contributed by atoms with Crippen LogP contribution >= 0.6 is 11.6 Å². The first-order valence-electron chi connectivity index (χ1n) is 3.60. The van der Waals surface area contributed by atoms with E-state index in [1.165, 1.54) is 18.3 Å². The number of pyridine rings is 1. The fraction of sp³-hybridized carbons (Fsp3) is 0.250. The van der Waals surface area contributed by atoms with E-state index in [2.05, 4.69) is 4.98 Å². The molecule has 76 valence electrons. The molecule has 0 unspecified atom stereocenters. The lowest BCUT2D eigenvalue weighted by molar-refractivity contribution is -0.170. The van der Waals surface area contributed by atoms with E-state index in [1.807, 2.05) is 0 Å². The van der Waals surface area contributed by atoms with Gasteiger partial charge in [0, 0.05) is 11.9 Å². The Morgan fingerprint density at radius 2 is 2.07 bits per heavy atom. The second-order valence-corrected chi connectivity index (χ2v) is 3.00. The van der Waals surface area contributed by atoms with E-state index in [0.29, 0.717) is 5.02 Å². The summed E-state index contributed by atoms with van der Waals surface area (Å²) in [6.07, 6.45) is -4.36. The smallest absolute Gasteiger partial charge is 0.289 e. The van der Waals surface area contributed by atoms with Gasteiger partial charge in [0.05, 0.1) is 11.4 Å². The molecule has 0 saturated heterocycles. The van der Waals surface area contributed by atoms with E-state index >= 15 is 0 Å². The number of carbonyl (C=O) groups is 1.